The van der Waals surface area contributed by atoms with Crippen LogP contribution in [0.4, 0.5) is 0 Å². The number of Topliss-reactive ketones (excluding diaryl/α,β-unsaturated/α-hetero) is 1. The first-order valence-corrected chi connectivity index (χ1v) is 9.71. The van der Waals surface area contributed by atoms with E-state index in [-0.39, 0.29) is 11.3 Å². The van der Waals surface area contributed by atoms with Crippen molar-refractivity contribution in [2.24, 2.45) is 23.2 Å². The molecule has 1 saturated heterocycles. The summed E-state index contributed by atoms with van der Waals surface area (Å²) >= 11 is 0. The molecule has 4 fully saturated rings. The number of fused-ring (bicyclic) bond motifs is 5. The van der Waals surface area contributed by atoms with Crippen LogP contribution in [0.2, 0.25) is 0 Å². The average molecular weight is 332 g/mol. The second-order valence-corrected chi connectivity index (χ2v) is 8.97. The smallest absolute Gasteiger partial charge is 0.169 e. The van der Waals surface area contributed by atoms with Gasteiger partial charge in [0.15, 0.2) is 5.79 Å². The van der Waals surface area contributed by atoms with Crippen LogP contribution in [-0.2, 0) is 14.3 Å². The Hall–Kier alpha value is -0.710. The van der Waals surface area contributed by atoms with Gasteiger partial charge in [0.05, 0.1) is 18.8 Å². The third-order valence-corrected chi connectivity index (χ3v) is 8.03. The summed E-state index contributed by atoms with van der Waals surface area (Å²) in [6.45, 7) is 3.52. The molecule has 0 amide bonds. The molecular weight excluding hydrogens is 304 g/mol. The number of carbonyl (C=O) groups is 1. The summed E-state index contributed by atoms with van der Waals surface area (Å²) in [5.74, 6) is 1.07. The van der Waals surface area contributed by atoms with Gasteiger partial charge < -0.3 is 14.6 Å². The molecule has 4 nitrogen and oxygen atoms in total. The lowest BCUT2D eigenvalue weighted by atomic mass is 9.52. The van der Waals surface area contributed by atoms with Crippen LogP contribution in [0, 0.1) is 23.2 Å². The van der Waals surface area contributed by atoms with Crippen LogP contribution in [0.25, 0.3) is 0 Å². The van der Waals surface area contributed by atoms with E-state index >= 15 is 0 Å². The Morgan fingerprint density at radius 2 is 1.96 bits per heavy atom. The predicted molar refractivity (Wildman–Crippen MR) is 88.2 cm³/mol. The highest BCUT2D eigenvalue weighted by molar-refractivity contribution is 5.87. The molecule has 0 aromatic heterocycles. The molecule has 0 aromatic carbocycles. The molecule has 4 heteroatoms. The van der Waals surface area contributed by atoms with Gasteiger partial charge in [-0.15, -0.1) is 0 Å². The SMILES string of the molecule is CC12CC=C3C(CCC4CC5(CCC34O)OCCO5)C1CCC2=O. The van der Waals surface area contributed by atoms with E-state index < -0.39 is 11.4 Å². The fourth-order valence-corrected chi connectivity index (χ4v) is 6.64. The van der Waals surface area contributed by atoms with Gasteiger partial charge in [-0.25, -0.2) is 0 Å². The van der Waals surface area contributed by atoms with Gasteiger partial charge in [0.2, 0.25) is 0 Å². The van der Waals surface area contributed by atoms with E-state index in [0.29, 0.717) is 30.8 Å². The molecule has 1 heterocycles. The van der Waals surface area contributed by atoms with Crippen molar-refractivity contribution < 1.29 is 19.4 Å². The maximum atomic E-state index is 12.4. The fourth-order valence-electron chi connectivity index (χ4n) is 6.64. The molecule has 0 aromatic rings. The maximum Gasteiger partial charge on any atom is 0.169 e. The van der Waals surface area contributed by atoms with E-state index in [4.69, 9.17) is 9.47 Å². The number of aliphatic hydroxyl groups is 1. The van der Waals surface area contributed by atoms with Crippen LogP contribution in [-0.4, -0.2) is 35.5 Å². The molecule has 0 radical (unpaired) electrons. The number of ether oxygens (including phenoxy) is 2. The van der Waals surface area contributed by atoms with Crippen molar-refractivity contribution >= 4 is 5.78 Å². The number of rotatable bonds is 0. The lowest BCUT2D eigenvalue weighted by Gasteiger charge is -2.56. The summed E-state index contributed by atoms with van der Waals surface area (Å²) in [5.41, 5.74) is 0.380. The van der Waals surface area contributed by atoms with Crippen LogP contribution < -0.4 is 0 Å². The van der Waals surface area contributed by atoms with Crippen LogP contribution in [0.1, 0.15) is 58.3 Å². The number of hydrogen-bond acceptors (Lipinski definition) is 4. The van der Waals surface area contributed by atoms with Gasteiger partial charge in [0, 0.05) is 24.7 Å². The third-order valence-electron chi connectivity index (χ3n) is 8.03. The third kappa shape index (κ3) is 1.88. The van der Waals surface area contributed by atoms with Gasteiger partial charge in [-0.2, -0.15) is 0 Å². The second-order valence-electron chi connectivity index (χ2n) is 8.97. The lowest BCUT2D eigenvalue weighted by molar-refractivity contribution is -0.222. The quantitative estimate of drug-likeness (QED) is 0.693. The zero-order valence-corrected chi connectivity index (χ0v) is 14.6. The Bertz CT molecular complexity index is 605. The summed E-state index contributed by atoms with van der Waals surface area (Å²) in [4.78, 5) is 12.4. The van der Waals surface area contributed by atoms with E-state index in [1.54, 1.807) is 0 Å². The summed E-state index contributed by atoms with van der Waals surface area (Å²) in [6, 6.07) is 0. The first-order valence-electron chi connectivity index (χ1n) is 9.71. The molecule has 5 rings (SSSR count). The second kappa shape index (κ2) is 4.93. The van der Waals surface area contributed by atoms with Crippen LogP contribution in [0.15, 0.2) is 11.6 Å². The Morgan fingerprint density at radius 1 is 1.17 bits per heavy atom. The number of carbonyl (C=O) groups excluding carboxylic acids is 1. The van der Waals surface area contributed by atoms with E-state index in [9.17, 15) is 9.90 Å². The molecule has 1 spiro atoms. The molecule has 5 aliphatic rings. The van der Waals surface area contributed by atoms with Crippen LogP contribution in [0.5, 0.6) is 0 Å². The molecule has 5 unspecified atom stereocenters. The average Bonchev–Trinajstić information content (AvgIpc) is 3.14. The van der Waals surface area contributed by atoms with Crippen molar-refractivity contribution in [1.82, 2.24) is 0 Å². The molecular formula is C20H28O4. The molecule has 0 bridgehead atoms. The van der Waals surface area contributed by atoms with Crippen LogP contribution >= 0.6 is 0 Å². The van der Waals surface area contributed by atoms with Gasteiger partial charge in [-0.3, -0.25) is 4.79 Å². The van der Waals surface area contributed by atoms with Gasteiger partial charge in [-0.1, -0.05) is 13.0 Å². The first kappa shape index (κ1) is 15.5. The topological polar surface area (TPSA) is 55.8 Å². The normalized spacial score (nSPS) is 49.5. The van der Waals surface area contributed by atoms with Gasteiger partial charge in [-0.05, 0) is 55.4 Å². The van der Waals surface area contributed by atoms with Crippen molar-refractivity contribution in [3.8, 4) is 0 Å². The van der Waals surface area contributed by atoms with Crippen molar-refractivity contribution in [2.75, 3.05) is 13.2 Å². The van der Waals surface area contributed by atoms with Crippen LogP contribution in [0.3, 0.4) is 0 Å². The lowest BCUT2D eigenvalue weighted by Crippen LogP contribution is -2.56. The van der Waals surface area contributed by atoms with Crippen molar-refractivity contribution in [3.63, 3.8) is 0 Å². The minimum Gasteiger partial charge on any atom is -0.385 e. The van der Waals surface area contributed by atoms with E-state index in [1.807, 2.05) is 0 Å². The Balaban J connectivity index is 1.47. The Kier molecular flexibility index (Phi) is 3.19. The monoisotopic (exact) mass is 332 g/mol. The number of hydrogen-bond donors (Lipinski definition) is 1. The van der Waals surface area contributed by atoms with Crippen molar-refractivity contribution in [2.45, 2.75) is 69.7 Å². The molecule has 5 atom stereocenters. The molecule has 3 saturated carbocycles. The van der Waals surface area contributed by atoms with E-state index in [0.717, 1.165) is 51.4 Å². The maximum absolute atomic E-state index is 12.4. The standard InChI is InChI=1S/C20H28O4/c1-18-7-6-16-14(15(18)4-5-17(18)21)3-2-13-12-19(23-10-11-24-19)8-9-20(13,16)22/h6,13-15,22H,2-5,7-12H2,1H3. The summed E-state index contributed by atoms with van der Waals surface area (Å²) < 4.78 is 11.8. The van der Waals surface area contributed by atoms with Gasteiger partial charge in [0.1, 0.15) is 5.78 Å². The highest BCUT2D eigenvalue weighted by Crippen LogP contribution is 2.61. The number of ketones is 1. The summed E-state index contributed by atoms with van der Waals surface area (Å²) in [5, 5.41) is 11.6. The first-order chi connectivity index (χ1) is 11.5. The Labute approximate surface area is 143 Å². The van der Waals surface area contributed by atoms with E-state index in [1.165, 1.54) is 5.57 Å². The number of allylic oxidation sites excluding steroid dienone is 1. The van der Waals surface area contributed by atoms with Gasteiger partial charge >= 0.3 is 0 Å². The molecule has 4 aliphatic carbocycles. The van der Waals surface area contributed by atoms with Crippen molar-refractivity contribution in [1.29, 1.82) is 0 Å². The highest BCUT2D eigenvalue weighted by Gasteiger charge is 2.60. The fraction of sp³-hybridized carbons (Fsp3) is 0.850. The molecule has 24 heavy (non-hydrogen) atoms. The zero-order valence-electron chi connectivity index (χ0n) is 14.6. The summed E-state index contributed by atoms with van der Waals surface area (Å²) in [6.07, 6.45) is 9.24. The molecule has 132 valence electrons. The van der Waals surface area contributed by atoms with Crippen molar-refractivity contribution in [3.05, 3.63) is 11.6 Å². The minimum atomic E-state index is -0.698. The highest BCUT2D eigenvalue weighted by atomic mass is 16.7. The predicted octanol–water partition coefficient (Wildman–Crippen LogP) is 2.99. The summed E-state index contributed by atoms with van der Waals surface area (Å²) in [7, 11) is 0. The Morgan fingerprint density at radius 3 is 2.75 bits per heavy atom. The largest absolute Gasteiger partial charge is 0.385 e. The zero-order chi connectivity index (χ0) is 16.6. The molecule has 1 aliphatic heterocycles. The minimum absolute atomic E-state index is 0.176. The van der Waals surface area contributed by atoms with E-state index in [2.05, 4.69) is 13.0 Å². The molecule has 1 N–H and O–H groups in total. The van der Waals surface area contributed by atoms with Gasteiger partial charge in [0.25, 0.3) is 0 Å².